The largest absolute Gasteiger partial charge is 0.131 e. The second-order valence-corrected chi connectivity index (χ2v) is 4.87. The lowest BCUT2D eigenvalue weighted by molar-refractivity contribution is 0.988. The molecule has 0 N–H and O–H groups in total. The molecule has 1 heteroatoms. The van der Waals surface area contributed by atoms with Crippen LogP contribution < -0.4 is 0 Å². The molecule has 0 heterocycles. The molecule has 0 bridgehead atoms. The maximum absolute atomic E-state index is 2.39. The van der Waals surface area contributed by atoms with Gasteiger partial charge in [-0.05, 0) is 35.5 Å². The van der Waals surface area contributed by atoms with Crippen molar-refractivity contribution in [3.05, 3.63) is 46.9 Å². The fraction of sp³-hybridized carbons (Fsp3) is 0.429. The van der Waals surface area contributed by atoms with Crippen molar-refractivity contribution in [2.75, 3.05) is 5.75 Å². The molecule has 0 aliphatic heterocycles. The summed E-state index contributed by atoms with van der Waals surface area (Å²) < 4.78 is 0. The average Bonchev–Trinajstić information content (AvgIpc) is 2.29. The summed E-state index contributed by atoms with van der Waals surface area (Å²) >= 11 is 1.97. The average molecular weight is 220 g/mol. The zero-order valence-electron chi connectivity index (χ0n) is 9.70. The minimum atomic E-state index is 1.16. The summed E-state index contributed by atoms with van der Waals surface area (Å²) in [6, 6.07) is 10.7. The van der Waals surface area contributed by atoms with Crippen LogP contribution in [-0.4, -0.2) is 5.75 Å². The number of aryl methyl sites for hydroxylation is 1. The SMILES string of the molecule is CCS/C(=C/CCc1ccccc1)CC. The first kappa shape index (κ1) is 12.4. The molecule has 15 heavy (non-hydrogen) atoms. The summed E-state index contributed by atoms with van der Waals surface area (Å²) in [6.45, 7) is 4.45. The Morgan fingerprint density at radius 2 is 1.93 bits per heavy atom. The molecule has 0 aliphatic carbocycles. The van der Waals surface area contributed by atoms with Crippen molar-refractivity contribution in [3.8, 4) is 0 Å². The van der Waals surface area contributed by atoms with Gasteiger partial charge in [0.05, 0.1) is 0 Å². The standard InChI is InChI=1S/C14H20S/c1-3-14(15-4-2)12-8-11-13-9-6-5-7-10-13/h5-7,9-10,12H,3-4,8,11H2,1-2H3/b14-12+. The summed E-state index contributed by atoms with van der Waals surface area (Å²) in [4.78, 5) is 1.54. The molecule has 0 saturated carbocycles. The highest BCUT2D eigenvalue weighted by atomic mass is 32.2. The molecule has 0 radical (unpaired) electrons. The van der Waals surface area contributed by atoms with E-state index in [9.17, 15) is 0 Å². The molecule has 0 saturated heterocycles. The van der Waals surface area contributed by atoms with E-state index in [2.05, 4.69) is 50.3 Å². The van der Waals surface area contributed by atoms with E-state index in [0.29, 0.717) is 0 Å². The number of allylic oxidation sites excluding steroid dienone is 2. The van der Waals surface area contributed by atoms with Crippen molar-refractivity contribution in [1.29, 1.82) is 0 Å². The van der Waals surface area contributed by atoms with Gasteiger partial charge in [0.15, 0.2) is 0 Å². The molecule has 0 amide bonds. The molecule has 82 valence electrons. The molecular formula is C14H20S. The van der Waals surface area contributed by atoms with Gasteiger partial charge in [-0.2, -0.15) is 0 Å². The van der Waals surface area contributed by atoms with Crippen molar-refractivity contribution in [3.63, 3.8) is 0 Å². The Labute approximate surface area is 97.8 Å². The molecule has 1 aromatic carbocycles. The van der Waals surface area contributed by atoms with E-state index in [1.165, 1.54) is 29.1 Å². The second-order valence-electron chi connectivity index (χ2n) is 3.48. The molecule has 0 unspecified atom stereocenters. The van der Waals surface area contributed by atoms with E-state index >= 15 is 0 Å². The Kier molecular flexibility index (Phi) is 6.26. The van der Waals surface area contributed by atoms with E-state index in [1.54, 1.807) is 0 Å². The molecule has 0 atom stereocenters. The Bertz CT molecular complexity index is 287. The summed E-state index contributed by atoms with van der Waals surface area (Å²) in [5, 5.41) is 0. The Balaban J connectivity index is 2.37. The summed E-state index contributed by atoms with van der Waals surface area (Å²) in [5.74, 6) is 1.19. The van der Waals surface area contributed by atoms with Crippen LogP contribution >= 0.6 is 11.8 Å². The molecule has 0 spiro atoms. The first-order valence-electron chi connectivity index (χ1n) is 5.72. The van der Waals surface area contributed by atoms with E-state index < -0.39 is 0 Å². The van der Waals surface area contributed by atoms with Gasteiger partial charge in [-0.1, -0.05) is 50.3 Å². The molecule has 1 aromatic rings. The van der Waals surface area contributed by atoms with Crippen LogP contribution in [0.25, 0.3) is 0 Å². The fourth-order valence-electron chi connectivity index (χ4n) is 1.54. The predicted octanol–water partition coefficient (Wildman–Crippen LogP) is 4.67. The summed E-state index contributed by atoms with van der Waals surface area (Å²) in [5.41, 5.74) is 1.44. The van der Waals surface area contributed by atoms with Crippen LogP contribution in [0.15, 0.2) is 41.3 Å². The van der Waals surface area contributed by atoms with E-state index in [0.717, 1.165) is 6.42 Å². The number of hydrogen-bond acceptors (Lipinski definition) is 1. The monoisotopic (exact) mass is 220 g/mol. The van der Waals surface area contributed by atoms with Crippen LogP contribution in [0, 0.1) is 0 Å². The van der Waals surface area contributed by atoms with Gasteiger partial charge < -0.3 is 0 Å². The Hall–Kier alpha value is -0.690. The predicted molar refractivity (Wildman–Crippen MR) is 71.3 cm³/mol. The fourth-order valence-corrected chi connectivity index (χ4v) is 2.35. The van der Waals surface area contributed by atoms with Gasteiger partial charge in [0.1, 0.15) is 0 Å². The molecular weight excluding hydrogens is 200 g/mol. The van der Waals surface area contributed by atoms with Crippen molar-refractivity contribution in [2.45, 2.75) is 33.1 Å². The number of thioether (sulfide) groups is 1. The lowest BCUT2D eigenvalue weighted by atomic mass is 10.1. The number of rotatable bonds is 6. The third kappa shape index (κ3) is 5.08. The maximum Gasteiger partial charge on any atom is -0.00518 e. The lowest BCUT2D eigenvalue weighted by Gasteiger charge is -2.02. The van der Waals surface area contributed by atoms with E-state index in [-0.39, 0.29) is 0 Å². The second kappa shape index (κ2) is 7.58. The highest BCUT2D eigenvalue weighted by molar-refractivity contribution is 8.03. The minimum Gasteiger partial charge on any atom is -0.131 e. The molecule has 1 rings (SSSR count). The van der Waals surface area contributed by atoms with Crippen LogP contribution in [0.1, 0.15) is 32.3 Å². The van der Waals surface area contributed by atoms with Crippen molar-refractivity contribution in [2.24, 2.45) is 0 Å². The van der Waals surface area contributed by atoms with Crippen LogP contribution in [0.5, 0.6) is 0 Å². The van der Waals surface area contributed by atoms with Crippen molar-refractivity contribution >= 4 is 11.8 Å². The number of hydrogen-bond donors (Lipinski definition) is 0. The molecule has 0 aromatic heterocycles. The summed E-state index contributed by atoms with van der Waals surface area (Å²) in [6.07, 6.45) is 5.89. The normalized spacial score (nSPS) is 11.7. The Morgan fingerprint density at radius 1 is 1.20 bits per heavy atom. The molecule has 0 aliphatic rings. The van der Waals surface area contributed by atoms with Crippen molar-refractivity contribution in [1.82, 2.24) is 0 Å². The zero-order chi connectivity index (χ0) is 10.9. The molecule has 0 fully saturated rings. The Morgan fingerprint density at radius 3 is 2.53 bits per heavy atom. The van der Waals surface area contributed by atoms with Gasteiger partial charge in [0, 0.05) is 0 Å². The van der Waals surface area contributed by atoms with Crippen molar-refractivity contribution < 1.29 is 0 Å². The highest BCUT2D eigenvalue weighted by Gasteiger charge is 1.93. The quantitative estimate of drug-likeness (QED) is 0.671. The van der Waals surface area contributed by atoms with E-state index in [4.69, 9.17) is 0 Å². The first-order valence-corrected chi connectivity index (χ1v) is 6.71. The molecule has 0 nitrogen and oxygen atoms in total. The maximum atomic E-state index is 2.39. The number of benzene rings is 1. The van der Waals surface area contributed by atoms with Gasteiger partial charge in [-0.15, -0.1) is 11.8 Å². The topological polar surface area (TPSA) is 0 Å². The third-order valence-electron chi connectivity index (χ3n) is 2.33. The van der Waals surface area contributed by atoms with Crippen LogP contribution in [0.4, 0.5) is 0 Å². The van der Waals surface area contributed by atoms with Gasteiger partial charge >= 0.3 is 0 Å². The lowest BCUT2D eigenvalue weighted by Crippen LogP contribution is -1.83. The highest BCUT2D eigenvalue weighted by Crippen LogP contribution is 2.19. The smallest absolute Gasteiger partial charge is 0.00518 e. The zero-order valence-corrected chi connectivity index (χ0v) is 10.5. The van der Waals surface area contributed by atoms with Crippen LogP contribution in [0.2, 0.25) is 0 Å². The summed E-state index contributed by atoms with van der Waals surface area (Å²) in [7, 11) is 0. The van der Waals surface area contributed by atoms with Gasteiger partial charge in [-0.25, -0.2) is 0 Å². The van der Waals surface area contributed by atoms with Gasteiger partial charge in [-0.3, -0.25) is 0 Å². The van der Waals surface area contributed by atoms with Crippen LogP contribution in [0.3, 0.4) is 0 Å². The van der Waals surface area contributed by atoms with E-state index in [1.807, 2.05) is 11.8 Å². The van der Waals surface area contributed by atoms with Gasteiger partial charge in [0.2, 0.25) is 0 Å². The minimum absolute atomic E-state index is 1.16. The third-order valence-corrected chi connectivity index (χ3v) is 3.44. The van der Waals surface area contributed by atoms with Crippen LogP contribution in [-0.2, 0) is 6.42 Å². The first-order chi connectivity index (χ1) is 7.36. The van der Waals surface area contributed by atoms with Gasteiger partial charge in [0.25, 0.3) is 0 Å².